The van der Waals surface area contributed by atoms with Crippen molar-refractivity contribution in [2.75, 3.05) is 0 Å². The van der Waals surface area contributed by atoms with E-state index in [-0.39, 0.29) is 22.2 Å². The lowest BCUT2D eigenvalue weighted by Crippen LogP contribution is -2.28. The molecule has 0 aliphatic heterocycles. The summed E-state index contributed by atoms with van der Waals surface area (Å²) >= 11 is 0. The van der Waals surface area contributed by atoms with E-state index >= 15 is 0 Å². The van der Waals surface area contributed by atoms with E-state index in [1.807, 2.05) is 31.2 Å². The number of amides is 1. The summed E-state index contributed by atoms with van der Waals surface area (Å²) in [4.78, 5) is 39.4. The van der Waals surface area contributed by atoms with Gasteiger partial charge < -0.3 is 9.73 Å². The first-order valence-corrected chi connectivity index (χ1v) is 7.29. The summed E-state index contributed by atoms with van der Waals surface area (Å²) in [5.41, 5.74) is 1.73. The molecule has 0 saturated carbocycles. The molecule has 6 nitrogen and oxygen atoms in total. The molecular formula is C18H14N2O4. The van der Waals surface area contributed by atoms with Crippen LogP contribution in [0.2, 0.25) is 0 Å². The number of benzene rings is 1. The molecule has 0 fully saturated rings. The number of aromatic nitrogens is 1. The number of hydrogen-bond acceptors (Lipinski definition) is 5. The molecule has 0 aliphatic rings. The largest absolute Gasteiger partial charge is 0.445 e. The number of fused-ring (bicyclic) bond motifs is 1. The molecule has 0 spiro atoms. The summed E-state index contributed by atoms with van der Waals surface area (Å²) in [6.45, 7) is 2.27. The maximum absolute atomic E-state index is 12.4. The molecule has 0 aliphatic carbocycles. The lowest BCUT2D eigenvalue weighted by molar-refractivity contribution is 0.0948. The molecule has 0 unspecified atom stereocenters. The van der Waals surface area contributed by atoms with Crippen molar-refractivity contribution in [3.8, 4) is 0 Å². The Morgan fingerprint density at radius 3 is 2.75 bits per heavy atom. The van der Waals surface area contributed by atoms with Gasteiger partial charge in [0.15, 0.2) is 6.29 Å². The Bertz CT molecular complexity index is 974. The number of rotatable bonds is 4. The van der Waals surface area contributed by atoms with Crippen LogP contribution in [0.1, 0.15) is 31.8 Å². The summed E-state index contributed by atoms with van der Waals surface area (Å²) in [7, 11) is 0. The molecule has 1 N–H and O–H groups in total. The Labute approximate surface area is 137 Å². The van der Waals surface area contributed by atoms with Gasteiger partial charge in [-0.2, -0.15) is 0 Å². The quantitative estimate of drug-likeness (QED) is 0.744. The van der Waals surface area contributed by atoms with Gasteiger partial charge in [-0.25, -0.2) is 4.98 Å². The summed E-state index contributed by atoms with van der Waals surface area (Å²) in [5, 5.41) is 2.78. The molecular weight excluding hydrogens is 308 g/mol. The topological polar surface area (TPSA) is 89.3 Å². The van der Waals surface area contributed by atoms with E-state index in [1.54, 1.807) is 0 Å². The van der Waals surface area contributed by atoms with E-state index in [2.05, 4.69) is 10.3 Å². The van der Waals surface area contributed by atoms with E-state index in [0.717, 1.165) is 17.4 Å². The predicted molar refractivity (Wildman–Crippen MR) is 88.0 cm³/mol. The zero-order valence-corrected chi connectivity index (χ0v) is 12.9. The van der Waals surface area contributed by atoms with Crippen molar-refractivity contribution in [2.45, 2.75) is 13.5 Å². The van der Waals surface area contributed by atoms with Crippen molar-refractivity contribution in [3.05, 3.63) is 75.3 Å². The number of nitrogens with zero attached hydrogens (tertiary/aromatic N) is 1. The first-order chi connectivity index (χ1) is 11.6. The van der Waals surface area contributed by atoms with Gasteiger partial charge in [0.25, 0.3) is 5.91 Å². The Morgan fingerprint density at radius 2 is 2.04 bits per heavy atom. The summed E-state index contributed by atoms with van der Waals surface area (Å²) in [5.74, 6) is -0.539. The maximum Gasteiger partial charge on any atom is 0.258 e. The zero-order chi connectivity index (χ0) is 17.1. The van der Waals surface area contributed by atoms with Crippen molar-refractivity contribution < 1.29 is 14.0 Å². The Morgan fingerprint density at radius 1 is 1.29 bits per heavy atom. The van der Waals surface area contributed by atoms with Gasteiger partial charge >= 0.3 is 0 Å². The van der Waals surface area contributed by atoms with Crippen LogP contribution in [0, 0.1) is 6.92 Å². The molecule has 1 amide bonds. The lowest BCUT2D eigenvalue weighted by Gasteiger charge is -2.06. The van der Waals surface area contributed by atoms with Gasteiger partial charge in [-0.05, 0) is 18.6 Å². The second-order valence-electron chi connectivity index (χ2n) is 5.39. The fourth-order valence-corrected chi connectivity index (χ4v) is 2.24. The number of carbonyl (C=O) groups is 2. The highest BCUT2D eigenvalue weighted by atomic mass is 16.3. The highest BCUT2D eigenvalue weighted by Crippen LogP contribution is 2.10. The van der Waals surface area contributed by atoms with Crippen molar-refractivity contribution in [1.82, 2.24) is 10.3 Å². The van der Waals surface area contributed by atoms with E-state index < -0.39 is 11.3 Å². The molecule has 0 radical (unpaired) electrons. The molecule has 24 heavy (non-hydrogen) atoms. The monoisotopic (exact) mass is 322 g/mol. The fourth-order valence-electron chi connectivity index (χ4n) is 2.24. The van der Waals surface area contributed by atoms with Crippen LogP contribution < -0.4 is 10.7 Å². The normalized spacial score (nSPS) is 10.5. The van der Waals surface area contributed by atoms with Gasteiger partial charge in [0.05, 0.1) is 5.39 Å². The Balaban J connectivity index is 1.86. The van der Waals surface area contributed by atoms with Gasteiger partial charge in [0, 0.05) is 18.3 Å². The third-order valence-electron chi connectivity index (χ3n) is 3.60. The predicted octanol–water partition coefficient (Wildman–Crippen LogP) is 2.24. The summed E-state index contributed by atoms with van der Waals surface area (Å²) < 4.78 is 5.22. The number of aldehydes is 1. The molecule has 2 heterocycles. The van der Waals surface area contributed by atoms with Crippen LogP contribution in [0.15, 0.2) is 52.0 Å². The number of hydrogen-bond donors (Lipinski definition) is 1. The minimum atomic E-state index is -0.539. The van der Waals surface area contributed by atoms with E-state index in [0.29, 0.717) is 12.8 Å². The molecule has 0 saturated heterocycles. The minimum absolute atomic E-state index is 0.0840. The maximum atomic E-state index is 12.4. The molecule has 0 atom stereocenters. The third-order valence-corrected chi connectivity index (χ3v) is 3.60. The SMILES string of the molecule is Cc1ccc(CNC(=O)c2coc3ncc(C=O)cc3c2=O)cc1. The average molecular weight is 322 g/mol. The number of aryl methyl sites for hydroxylation is 1. The number of carbonyl (C=O) groups excluding carboxylic acids is 2. The standard InChI is InChI=1S/C18H14N2O4/c1-11-2-4-12(5-3-11)7-19-17(23)15-10-24-18-14(16(15)22)6-13(9-21)8-20-18/h2-6,8-10H,7H2,1H3,(H,19,23). The van der Waals surface area contributed by atoms with Crippen LogP contribution in [0.5, 0.6) is 0 Å². The van der Waals surface area contributed by atoms with Crippen molar-refractivity contribution in [2.24, 2.45) is 0 Å². The second kappa shape index (κ2) is 6.45. The lowest BCUT2D eigenvalue weighted by atomic mass is 10.1. The van der Waals surface area contributed by atoms with Gasteiger partial charge in [-0.1, -0.05) is 29.8 Å². The minimum Gasteiger partial charge on any atom is -0.445 e. The average Bonchev–Trinajstić information content (AvgIpc) is 2.61. The second-order valence-corrected chi connectivity index (χ2v) is 5.39. The first-order valence-electron chi connectivity index (χ1n) is 7.29. The zero-order valence-electron chi connectivity index (χ0n) is 12.9. The van der Waals surface area contributed by atoms with E-state index in [1.165, 1.54) is 12.3 Å². The van der Waals surface area contributed by atoms with E-state index in [9.17, 15) is 14.4 Å². The van der Waals surface area contributed by atoms with Gasteiger partial charge in [-0.3, -0.25) is 14.4 Å². The Kier molecular flexibility index (Phi) is 4.20. The van der Waals surface area contributed by atoms with Crippen LogP contribution in [0.4, 0.5) is 0 Å². The highest BCUT2D eigenvalue weighted by Gasteiger charge is 2.15. The molecule has 3 aromatic rings. The van der Waals surface area contributed by atoms with Crippen LogP contribution >= 0.6 is 0 Å². The van der Waals surface area contributed by atoms with Crippen LogP contribution in [0.25, 0.3) is 11.1 Å². The van der Waals surface area contributed by atoms with Crippen molar-refractivity contribution in [3.63, 3.8) is 0 Å². The van der Waals surface area contributed by atoms with E-state index in [4.69, 9.17) is 4.42 Å². The van der Waals surface area contributed by atoms with Gasteiger partial charge in [-0.15, -0.1) is 0 Å². The molecule has 2 aromatic heterocycles. The highest BCUT2D eigenvalue weighted by molar-refractivity contribution is 5.96. The number of nitrogens with one attached hydrogen (secondary N) is 1. The van der Waals surface area contributed by atoms with Crippen molar-refractivity contribution >= 4 is 23.3 Å². The van der Waals surface area contributed by atoms with Crippen LogP contribution in [-0.2, 0) is 6.54 Å². The van der Waals surface area contributed by atoms with Crippen molar-refractivity contribution in [1.29, 1.82) is 0 Å². The molecule has 3 rings (SSSR count). The fraction of sp³-hybridized carbons (Fsp3) is 0.111. The Hall–Kier alpha value is -3.28. The van der Waals surface area contributed by atoms with Gasteiger partial charge in [0.2, 0.25) is 11.1 Å². The summed E-state index contributed by atoms with van der Waals surface area (Å²) in [6, 6.07) is 9.05. The molecule has 1 aromatic carbocycles. The number of pyridine rings is 1. The molecule has 0 bridgehead atoms. The van der Waals surface area contributed by atoms with Gasteiger partial charge in [0.1, 0.15) is 11.8 Å². The summed E-state index contributed by atoms with van der Waals surface area (Å²) in [6.07, 6.45) is 2.97. The third kappa shape index (κ3) is 3.08. The van der Waals surface area contributed by atoms with Crippen LogP contribution in [-0.4, -0.2) is 17.2 Å². The molecule has 120 valence electrons. The smallest absolute Gasteiger partial charge is 0.258 e. The first kappa shape index (κ1) is 15.6. The molecule has 6 heteroatoms. The van der Waals surface area contributed by atoms with Crippen LogP contribution in [0.3, 0.4) is 0 Å².